The molecule has 0 aliphatic rings. The first-order valence-electron chi connectivity index (χ1n) is 5.50. The summed E-state index contributed by atoms with van der Waals surface area (Å²) in [7, 11) is 0. The van der Waals surface area contributed by atoms with Gasteiger partial charge >= 0.3 is 0 Å². The molecule has 2 nitrogen and oxygen atoms in total. The molecule has 4 heteroatoms. The Labute approximate surface area is 108 Å². The lowest BCUT2D eigenvalue weighted by atomic mass is 10.3. The van der Waals surface area contributed by atoms with Crippen molar-refractivity contribution < 1.29 is 0 Å². The number of halogens is 1. The van der Waals surface area contributed by atoms with Crippen LogP contribution in [0.4, 0.5) is 0 Å². The molecular weight excluding hydrogens is 252 g/mol. The predicted molar refractivity (Wildman–Crippen MR) is 73.8 cm³/mol. The van der Waals surface area contributed by atoms with E-state index in [4.69, 9.17) is 11.6 Å². The number of nitrogens with one attached hydrogen (secondary N) is 1. The van der Waals surface area contributed by atoms with Crippen LogP contribution in [0.2, 0.25) is 5.02 Å². The minimum absolute atomic E-state index is 0.730. The van der Waals surface area contributed by atoms with Crippen molar-refractivity contribution in [2.75, 3.05) is 0 Å². The van der Waals surface area contributed by atoms with Crippen LogP contribution in [0.5, 0.6) is 0 Å². The van der Waals surface area contributed by atoms with Gasteiger partial charge in [-0.1, -0.05) is 18.5 Å². The molecule has 86 valence electrons. The van der Waals surface area contributed by atoms with Gasteiger partial charge < -0.3 is 4.98 Å². The molecular formula is C13H11ClN2S. The molecule has 0 radical (unpaired) electrons. The second-order valence-electron chi connectivity index (χ2n) is 3.87. The average Bonchev–Trinajstić information content (AvgIpc) is 2.93. The van der Waals surface area contributed by atoms with E-state index in [0.29, 0.717) is 0 Å². The normalized spacial score (nSPS) is 11.2. The van der Waals surface area contributed by atoms with Crippen molar-refractivity contribution in [2.45, 2.75) is 13.3 Å². The summed E-state index contributed by atoms with van der Waals surface area (Å²) in [5, 5.41) is 0.730. The van der Waals surface area contributed by atoms with Crippen molar-refractivity contribution >= 4 is 34.0 Å². The quantitative estimate of drug-likeness (QED) is 0.723. The van der Waals surface area contributed by atoms with E-state index in [1.807, 2.05) is 18.2 Å². The Morgan fingerprint density at radius 2 is 2.18 bits per heavy atom. The number of fused-ring (bicyclic) bond motifs is 1. The van der Waals surface area contributed by atoms with E-state index in [9.17, 15) is 0 Å². The summed E-state index contributed by atoms with van der Waals surface area (Å²) >= 11 is 7.73. The molecule has 3 aromatic rings. The summed E-state index contributed by atoms with van der Waals surface area (Å²) in [6.45, 7) is 2.16. The molecule has 0 atom stereocenters. The molecule has 0 aliphatic carbocycles. The van der Waals surface area contributed by atoms with Crippen molar-refractivity contribution in [3.05, 3.63) is 40.2 Å². The number of aromatic amines is 1. The molecule has 1 aromatic carbocycles. The fourth-order valence-electron chi connectivity index (χ4n) is 1.79. The van der Waals surface area contributed by atoms with Gasteiger partial charge in [-0.2, -0.15) is 0 Å². The van der Waals surface area contributed by atoms with Gasteiger partial charge in [-0.05, 0) is 36.8 Å². The molecule has 0 unspecified atom stereocenters. The highest BCUT2D eigenvalue weighted by Gasteiger charge is 2.07. The summed E-state index contributed by atoms with van der Waals surface area (Å²) < 4.78 is 0. The summed E-state index contributed by atoms with van der Waals surface area (Å²) in [6.07, 6.45) is 1.07. The van der Waals surface area contributed by atoms with E-state index in [1.165, 1.54) is 9.75 Å². The zero-order valence-electron chi connectivity index (χ0n) is 9.33. The molecule has 1 N–H and O–H groups in total. The second kappa shape index (κ2) is 4.17. The van der Waals surface area contributed by atoms with Crippen LogP contribution in [0.15, 0.2) is 30.3 Å². The number of aromatic nitrogens is 2. The van der Waals surface area contributed by atoms with E-state index in [1.54, 1.807) is 11.3 Å². The van der Waals surface area contributed by atoms with Gasteiger partial charge in [-0.3, -0.25) is 0 Å². The van der Waals surface area contributed by atoms with Gasteiger partial charge in [0.05, 0.1) is 15.9 Å². The molecule has 0 saturated heterocycles. The molecule has 0 spiro atoms. The monoisotopic (exact) mass is 262 g/mol. The highest BCUT2D eigenvalue weighted by molar-refractivity contribution is 7.15. The number of rotatable bonds is 2. The number of thiophene rings is 1. The summed E-state index contributed by atoms with van der Waals surface area (Å²) in [5.41, 5.74) is 1.94. The van der Waals surface area contributed by atoms with Gasteiger partial charge in [-0.15, -0.1) is 11.3 Å². The third-order valence-electron chi connectivity index (χ3n) is 2.69. The van der Waals surface area contributed by atoms with Crippen molar-refractivity contribution in [1.29, 1.82) is 0 Å². The highest BCUT2D eigenvalue weighted by Crippen LogP contribution is 2.28. The molecule has 0 aliphatic heterocycles. The maximum absolute atomic E-state index is 5.96. The standard InChI is InChI=1S/C13H11ClN2S/c1-2-9-4-6-12(17-9)13-15-10-5-3-8(14)7-11(10)16-13/h3-7H,2H2,1H3,(H,15,16). The third kappa shape index (κ3) is 1.96. The summed E-state index contributed by atoms with van der Waals surface area (Å²) in [4.78, 5) is 10.4. The zero-order chi connectivity index (χ0) is 11.8. The van der Waals surface area contributed by atoms with Gasteiger partial charge in [0.15, 0.2) is 0 Å². The Balaban J connectivity index is 2.11. The predicted octanol–water partition coefficient (Wildman–Crippen LogP) is 4.51. The van der Waals surface area contributed by atoms with Crippen molar-refractivity contribution in [3.8, 4) is 10.7 Å². The number of aryl methyl sites for hydroxylation is 1. The molecule has 2 heterocycles. The number of H-pyrrole nitrogens is 1. The van der Waals surface area contributed by atoms with E-state index in [-0.39, 0.29) is 0 Å². The van der Waals surface area contributed by atoms with Crippen LogP contribution in [0, 0.1) is 0 Å². The maximum Gasteiger partial charge on any atom is 0.148 e. The number of benzene rings is 1. The molecule has 2 aromatic heterocycles. The van der Waals surface area contributed by atoms with Gasteiger partial charge in [0.1, 0.15) is 5.82 Å². The lowest BCUT2D eigenvalue weighted by molar-refractivity contribution is 1.19. The summed E-state index contributed by atoms with van der Waals surface area (Å²) in [6, 6.07) is 9.97. The Morgan fingerprint density at radius 1 is 1.29 bits per heavy atom. The van der Waals surface area contributed by atoms with Gasteiger partial charge in [-0.25, -0.2) is 4.98 Å². The Morgan fingerprint density at radius 3 is 2.94 bits per heavy atom. The first-order chi connectivity index (χ1) is 8.26. The zero-order valence-corrected chi connectivity index (χ0v) is 10.9. The van der Waals surface area contributed by atoms with Gasteiger partial charge in [0, 0.05) is 9.90 Å². The highest BCUT2D eigenvalue weighted by atomic mass is 35.5. The Hall–Kier alpha value is -1.32. The minimum atomic E-state index is 0.730. The Kier molecular flexibility index (Phi) is 2.65. The van der Waals surface area contributed by atoms with E-state index in [0.717, 1.165) is 28.3 Å². The second-order valence-corrected chi connectivity index (χ2v) is 5.47. The fourth-order valence-corrected chi connectivity index (χ4v) is 2.86. The molecule has 3 rings (SSSR count). The molecule has 0 fully saturated rings. The van der Waals surface area contributed by atoms with Crippen LogP contribution in [0.3, 0.4) is 0 Å². The van der Waals surface area contributed by atoms with Crippen molar-refractivity contribution in [2.24, 2.45) is 0 Å². The maximum atomic E-state index is 5.96. The van der Waals surface area contributed by atoms with Crippen LogP contribution in [-0.4, -0.2) is 9.97 Å². The topological polar surface area (TPSA) is 28.7 Å². The molecule has 17 heavy (non-hydrogen) atoms. The van der Waals surface area contributed by atoms with E-state index in [2.05, 4.69) is 29.0 Å². The van der Waals surface area contributed by atoms with Gasteiger partial charge in [0.2, 0.25) is 0 Å². The van der Waals surface area contributed by atoms with Crippen molar-refractivity contribution in [1.82, 2.24) is 9.97 Å². The summed E-state index contributed by atoms with van der Waals surface area (Å²) in [5.74, 6) is 0.923. The molecule has 0 bridgehead atoms. The minimum Gasteiger partial charge on any atom is -0.337 e. The van der Waals surface area contributed by atoms with Crippen molar-refractivity contribution in [3.63, 3.8) is 0 Å². The number of imidazole rings is 1. The number of hydrogen-bond donors (Lipinski definition) is 1. The lowest BCUT2D eigenvalue weighted by Crippen LogP contribution is -1.72. The van der Waals surface area contributed by atoms with Crippen LogP contribution in [0.1, 0.15) is 11.8 Å². The average molecular weight is 263 g/mol. The number of hydrogen-bond acceptors (Lipinski definition) is 2. The Bertz CT molecular complexity index is 669. The fraction of sp³-hybridized carbons (Fsp3) is 0.154. The first kappa shape index (κ1) is 10.8. The van der Waals surface area contributed by atoms with E-state index < -0.39 is 0 Å². The molecule has 0 amide bonds. The lowest BCUT2D eigenvalue weighted by Gasteiger charge is -1.88. The van der Waals surface area contributed by atoms with Crippen LogP contribution >= 0.6 is 22.9 Å². The van der Waals surface area contributed by atoms with Crippen LogP contribution < -0.4 is 0 Å². The van der Waals surface area contributed by atoms with E-state index >= 15 is 0 Å². The SMILES string of the molecule is CCc1ccc(-c2nc3ccc(Cl)cc3[nH]2)s1. The molecule has 0 saturated carbocycles. The van der Waals surface area contributed by atoms with Crippen LogP contribution in [-0.2, 0) is 6.42 Å². The largest absolute Gasteiger partial charge is 0.337 e. The first-order valence-corrected chi connectivity index (χ1v) is 6.70. The van der Waals surface area contributed by atoms with Gasteiger partial charge in [0.25, 0.3) is 0 Å². The number of nitrogens with zero attached hydrogens (tertiary/aromatic N) is 1. The third-order valence-corrected chi connectivity index (χ3v) is 4.16. The van der Waals surface area contributed by atoms with Crippen LogP contribution in [0.25, 0.3) is 21.7 Å². The smallest absolute Gasteiger partial charge is 0.148 e.